The number of hydrogen-bond acceptors (Lipinski definition) is 5. The normalized spacial score (nSPS) is 17.6. The van der Waals surface area contributed by atoms with Gasteiger partial charge in [0.15, 0.2) is 0 Å². The molecule has 1 atom stereocenters. The number of rotatable bonds is 8. The summed E-state index contributed by atoms with van der Waals surface area (Å²) in [5, 5.41) is 2.31. The Bertz CT molecular complexity index is 361. The van der Waals surface area contributed by atoms with Gasteiger partial charge in [-0.15, -0.1) is 0 Å². The van der Waals surface area contributed by atoms with Crippen molar-refractivity contribution < 1.29 is 23.2 Å². The van der Waals surface area contributed by atoms with E-state index in [1.165, 1.54) is 0 Å². The maximum absolute atomic E-state index is 12.7. The topological polar surface area (TPSA) is 84.9 Å². The Labute approximate surface area is 119 Å². The van der Waals surface area contributed by atoms with Crippen LogP contribution in [0.25, 0.3) is 0 Å². The molecule has 0 aromatic rings. The molecule has 0 aromatic carbocycles. The van der Waals surface area contributed by atoms with Crippen LogP contribution < -0.4 is 5.32 Å². The highest BCUT2D eigenvalue weighted by atomic mass is 31.2. The monoisotopic (exact) mass is 306 g/mol. The van der Waals surface area contributed by atoms with E-state index in [0.29, 0.717) is 19.5 Å². The van der Waals surface area contributed by atoms with Gasteiger partial charge in [0.25, 0.3) is 5.91 Å². The van der Waals surface area contributed by atoms with Crippen LogP contribution >= 0.6 is 7.60 Å². The van der Waals surface area contributed by atoms with Crippen molar-refractivity contribution in [2.45, 2.75) is 38.9 Å². The van der Waals surface area contributed by atoms with Gasteiger partial charge in [0.2, 0.25) is 12.2 Å². The molecule has 0 aromatic heterocycles. The molecule has 1 unspecified atom stereocenters. The molecular weight excluding hydrogens is 283 g/mol. The minimum Gasteiger partial charge on any atom is -0.340 e. The molecule has 0 aliphatic carbocycles. The predicted molar refractivity (Wildman–Crippen MR) is 74.3 cm³/mol. The molecule has 1 rings (SSSR count). The van der Waals surface area contributed by atoms with Crippen LogP contribution in [0.2, 0.25) is 0 Å². The molecule has 0 spiro atoms. The van der Waals surface area contributed by atoms with Crippen LogP contribution in [0.1, 0.15) is 33.1 Å². The van der Waals surface area contributed by atoms with Crippen LogP contribution in [0, 0.1) is 0 Å². The maximum atomic E-state index is 12.7. The zero-order valence-corrected chi connectivity index (χ0v) is 12.9. The van der Waals surface area contributed by atoms with Gasteiger partial charge in [0, 0.05) is 13.1 Å². The lowest BCUT2D eigenvalue weighted by Gasteiger charge is -2.32. The van der Waals surface area contributed by atoms with Crippen molar-refractivity contribution in [2.75, 3.05) is 26.3 Å². The second kappa shape index (κ2) is 8.39. The summed E-state index contributed by atoms with van der Waals surface area (Å²) in [4.78, 5) is 24.8. The van der Waals surface area contributed by atoms with Crippen LogP contribution in [0.15, 0.2) is 0 Å². The van der Waals surface area contributed by atoms with Gasteiger partial charge in [0.05, 0.1) is 13.2 Å². The molecule has 0 bridgehead atoms. The number of amides is 2. The highest BCUT2D eigenvalue weighted by molar-refractivity contribution is 7.55. The summed E-state index contributed by atoms with van der Waals surface area (Å²) < 4.78 is 23.0. The third-order valence-corrected chi connectivity index (χ3v) is 5.30. The first-order valence-electron chi connectivity index (χ1n) is 6.96. The van der Waals surface area contributed by atoms with Gasteiger partial charge in [-0.1, -0.05) is 0 Å². The van der Waals surface area contributed by atoms with E-state index in [2.05, 4.69) is 5.32 Å². The lowest BCUT2D eigenvalue weighted by molar-refractivity contribution is -0.133. The minimum absolute atomic E-state index is 0.140. The molecule has 1 heterocycles. The predicted octanol–water partition coefficient (Wildman–Crippen LogP) is 1.34. The van der Waals surface area contributed by atoms with Gasteiger partial charge in [-0.3, -0.25) is 14.2 Å². The molecule has 7 nitrogen and oxygen atoms in total. The van der Waals surface area contributed by atoms with Crippen molar-refractivity contribution in [2.24, 2.45) is 0 Å². The third kappa shape index (κ3) is 4.30. The Morgan fingerprint density at radius 3 is 2.25 bits per heavy atom. The van der Waals surface area contributed by atoms with Crippen molar-refractivity contribution in [3.8, 4) is 0 Å². The summed E-state index contributed by atoms with van der Waals surface area (Å²) in [6.07, 6.45) is 3.25. The minimum atomic E-state index is -3.70. The van der Waals surface area contributed by atoms with E-state index in [-0.39, 0.29) is 13.2 Å². The molecule has 2 amide bonds. The summed E-state index contributed by atoms with van der Waals surface area (Å²) in [6, 6.07) is 0. The highest BCUT2D eigenvalue weighted by Crippen LogP contribution is 2.52. The van der Waals surface area contributed by atoms with Crippen LogP contribution in [-0.4, -0.2) is 49.3 Å². The van der Waals surface area contributed by atoms with Crippen molar-refractivity contribution in [3.63, 3.8) is 0 Å². The number of hydrogen-bond donors (Lipinski definition) is 1. The van der Waals surface area contributed by atoms with Gasteiger partial charge in [-0.25, -0.2) is 0 Å². The largest absolute Gasteiger partial charge is 0.362 e. The Balaban J connectivity index is 2.91. The molecule has 116 valence electrons. The number of nitrogens with one attached hydrogen (secondary N) is 1. The third-order valence-electron chi connectivity index (χ3n) is 3.06. The molecule has 1 aliphatic heterocycles. The fourth-order valence-electron chi connectivity index (χ4n) is 2.20. The van der Waals surface area contributed by atoms with E-state index in [1.807, 2.05) is 0 Å². The second-order valence-electron chi connectivity index (χ2n) is 4.45. The van der Waals surface area contributed by atoms with E-state index in [4.69, 9.17) is 9.05 Å². The van der Waals surface area contributed by atoms with Gasteiger partial charge in [0.1, 0.15) is 0 Å². The van der Waals surface area contributed by atoms with E-state index in [0.717, 1.165) is 19.3 Å². The van der Waals surface area contributed by atoms with Crippen LogP contribution in [0.3, 0.4) is 0 Å². The van der Waals surface area contributed by atoms with E-state index in [9.17, 15) is 14.2 Å². The van der Waals surface area contributed by atoms with Crippen LogP contribution in [0.5, 0.6) is 0 Å². The first-order chi connectivity index (χ1) is 9.59. The Hall–Kier alpha value is -0.910. The Kier molecular flexibility index (Phi) is 7.19. The van der Waals surface area contributed by atoms with Gasteiger partial charge < -0.3 is 19.3 Å². The number of carbonyl (C=O) groups excluding carboxylic acids is 2. The summed E-state index contributed by atoms with van der Waals surface area (Å²) >= 11 is 0. The molecule has 8 heteroatoms. The van der Waals surface area contributed by atoms with Crippen LogP contribution in [-0.2, 0) is 23.2 Å². The average Bonchev–Trinajstić information content (AvgIpc) is 2.45. The number of likely N-dealkylation sites (tertiary alicyclic amines) is 1. The summed E-state index contributed by atoms with van der Waals surface area (Å²) in [7, 11) is -3.70. The molecule has 1 saturated heterocycles. The smallest absolute Gasteiger partial charge is 0.340 e. The molecule has 20 heavy (non-hydrogen) atoms. The van der Waals surface area contributed by atoms with E-state index < -0.39 is 19.3 Å². The lowest BCUT2D eigenvalue weighted by Crippen LogP contribution is -2.48. The van der Waals surface area contributed by atoms with E-state index in [1.54, 1.807) is 18.7 Å². The summed E-state index contributed by atoms with van der Waals surface area (Å²) in [5.74, 6) is -1.67. The Morgan fingerprint density at radius 1 is 1.25 bits per heavy atom. The number of carbonyl (C=O) groups is 2. The highest BCUT2D eigenvalue weighted by Gasteiger charge is 2.43. The van der Waals surface area contributed by atoms with Crippen LogP contribution in [0.4, 0.5) is 0 Å². The molecule has 0 saturated carbocycles. The molecule has 0 radical (unpaired) electrons. The number of nitrogens with zero attached hydrogens (tertiary/aromatic N) is 1. The van der Waals surface area contributed by atoms with E-state index >= 15 is 0 Å². The fourth-order valence-corrected chi connectivity index (χ4v) is 3.97. The van der Waals surface area contributed by atoms with Crippen molar-refractivity contribution in [1.29, 1.82) is 0 Å². The summed E-state index contributed by atoms with van der Waals surface area (Å²) in [5.41, 5.74) is 0. The molecule has 1 N–H and O–H groups in total. The maximum Gasteiger partial charge on any atom is 0.362 e. The van der Waals surface area contributed by atoms with Gasteiger partial charge in [-0.05, 0) is 33.1 Å². The van der Waals surface area contributed by atoms with Gasteiger partial charge >= 0.3 is 7.60 Å². The molecular formula is C12H23N2O5P. The Morgan fingerprint density at radius 2 is 1.80 bits per heavy atom. The zero-order valence-electron chi connectivity index (χ0n) is 12.0. The van der Waals surface area contributed by atoms with Crippen molar-refractivity contribution in [1.82, 2.24) is 10.2 Å². The first kappa shape index (κ1) is 17.1. The second-order valence-corrected chi connectivity index (χ2v) is 6.56. The standard InChI is InChI=1S/C12H23N2O5P/c1-3-18-20(17,19-4-2)11(13-10-15)12(16)14-8-6-5-7-9-14/h10-11H,3-9H2,1-2H3,(H,13,15). The zero-order chi connectivity index (χ0) is 15.0. The SMILES string of the molecule is CCOP(=O)(OCC)C(NC=O)C(=O)N1CCCCC1. The number of piperidine rings is 1. The molecule has 1 aliphatic rings. The molecule has 1 fully saturated rings. The quantitative estimate of drug-likeness (QED) is 0.540. The summed E-state index contributed by atoms with van der Waals surface area (Å²) in [6.45, 7) is 4.81. The average molecular weight is 306 g/mol. The van der Waals surface area contributed by atoms with Crippen molar-refractivity contribution in [3.05, 3.63) is 0 Å². The fraction of sp³-hybridized carbons (Fsp3) is 0.833. The first-order valence-corrected chi connectivity index (χ1v) is 8.57. The van der Waals surface area contributed by atoms with Crippen molar-refractivity contribution >= 4 is 19.9 Å². The van der Waals surface area contributed by atoms with Gasteiger partial charge in [-0.2, -0.15) is 0 Å². The lowest BCUT2D eigenvalue weighted by atomic mass is 10.1.